The number of hydrogen-bond donors (Lipinski definition) is 3. The van der Waals surface area contributed by atoms with Gasteiger partial charge in [0.05, 0.1) is 35.9 Å². The number of methoxy groups -OCH3 is 1. The van der Waals surface area contributed by atoms with Crippen molar-refractivity contribution in [3.63, 3.8) is 0 Å². The van der Waals surface area contributed by atoms with E-state index in [0.29, 0.717) is 65.7 Å². The lowest BCUT2D eigenvalue weighted by molar-refractivity contribution is 0.0196. The number of nitrogens with one attached hydrogen (secondary N) is 2. The van der Waals surface area contributed by atoms with Gasteiger partial charge in [0.1, 0.15) is 17.3 Å². The van der Waals surface area contributed by atoms with E-state index in [1.54, 1.807) is 24.5 Å². The molecule has 0 aliphatic heterocycles. The summed E-state index contributed by atoms with van der Waals surface area (Å²) in [6.07, 6.45) is 11.5. The Kier molecular flexibility index (Phi) is 7.27. The summed E-state index contributed by atoms with van der Waals surface area (Å²) in [4.78, 5) is 17.7. The largest absolute Gasteiger partial charge is 0.491 e. The van der Waals surface area contributed by atoms with Crippen molar-refractivity contribution in [1.29, 1.82) is 0 Å². The van der Waals surface area contributed by atoms with Crippen LogP contribution in [-0.4, -0.2) is 66.6 Å². The second-order valence-electron chi connectivity index (χ2n) is 10.9. The first kappa shape index (κ1) is 28.0. The highest BCUT2D eigenvalue weighted by atomic mass is 32.2. The van der Waals surface area contributed by atoms with Crippen LogP contribution in [0.5, 0.6) is 5.75 Å². The lowest BCUT2D eigenvalue weighted by Gasteiger charge is -2.34. The van der Waals surface area contributed by atoms with Crippen molar-refractivity contribution in [1.82, 2.24) is 29.1 Å². The molecule has 0 saturated heterocycles. The monoisotopic (exact) mass is 594 g/mol. The Hall–Kier alpha value is -4.17. The van der Waals surface area contributed by atoms with Crippen molar-refractivity contribution >= 4 is 27.3 Å². The van der Waals surface area contributed by atoms with Crippen molar-refractivity contribution in [3.8, 4) is 28.4 Å². The van der Waals surface area contributed by atoms with E-state index in [2.05, 4.69) is 35.7 Å². The molecule has 0 radical (unpaired) electrons. The number of aliphatic hydroxyl groups is 1. The summed E-state index contributed by atoms with van der Waals surface area (Å²) in [6, 6.07) is 4.77. The molecule has 2 aliphatic rings. The molecule has 0 unspecified atom stereocenters. The Morgan fingerprint density at radius 2 is 1.83 bits per heavy atom. The molecule has 6 rings (SSSR count). The van der Waals surface area contributed by atoms with E-state index in [-0.39, 0.29) is 17.0 Å². The topological polar surface area (TPSA) is 157 Å². The zero-order valence-corrected chi connectivity index (χ0v) is 24.0. The standard InChI is InChI=1S/C28H31FN8O4S/c1-28(38)9-5-18(6-10-28)34-22-13-24(32-15-20(22)25-26(41-2)21(29)7-11-30-25)35-23-8-12-31-27(36-23)17-14-33-37(16-17)42(39,40)19-3-4-19/h7-8,11-16,18-19,38H,3-6,9-10H2,1-2H3,(H2,31,32,34,35,36). The van der Waals surface area contributed by atoms with E-state index in [0.717, 1.165) is 16.9 Å². The molecule has 2 fully saturated rings. The normalized spacial score (nSPS) is 20.7. The fraction of sp³-hybridized carbons (Fsp3) is 0.393. The van der Waals surface area contributed by atoms with Crippen LogP contribution < -0.4 is 15.4 Å². The molecule has 12 nitrogen and oxygen atoms in total. The van der Waals surface area contributed by atoms with Crippen LogP contribution in [0.25, 0.3) is 22.6 Å². The van der Waals surface area contributed by atoms with Gasteiger partial charge in [-0.25, -0.2) is 27.8 Å². The molecule has 0 aromatic carbocycles. The molecule has 14 heteroatoms. The first-order valence-electron chi connectivity index (χ1n) is 13.7. The molecule has 4 aromatic heterocycles. The summed E-state index contributed by atoms with van der Waals surface area (Å²) in [5.74, 6) is 0.663. The number of halogens is 1. The summed E-state index contributed by atoms with van der Waals surface area (Å²) in [5, 5.41) is 20.8. The summed E-state index contributed by atoms with van der Waals surface area (Å²) >= 11 is 0. The van der Waals surface area contributed by atoms with Crippen LogP contribution in [0.15, 0.2) is 49.2 Å². The SMILES string of the molecule is COc1c(F)ccnc1-c1cnc(Nc2ccnc(-c3cnn(S(=O)(=O)C4CC4)c3)n2)cc1NC1CCC(C)(O)CC1. The quantitative estimate of drug-likeness (QED) is 0.256. The molecular weight excluding hydrogens is 563 g/mol. The predicted molar refractivity (Wildman–Crippen MR) is 154 cm³/mol. The molecule has 2 saturated carbocycles. The molecule has 220 valence electrons. The van der Waals surface area contributed by atoms with Crippen LogP contribution in [0.2, 0.25) is 0 Å². The number of rotatable bonds is 9. The Balaban J connectivity index is 1.29. The van der Waals surface area contributed by atoms with Gasteiger partial charge in [0, 0.05) is 41.9 Å². The highest BCUT2D eigenvalue weighted by Crippen LogP contribution is 2.38. The molecule has 4 heterocycles. The zero-order chi connectivity index (χ0) is 29.5. The highest BCUT2D eigenvalue weighted by molar-refractivity contribution is 7.90. The average molecular weight is 595 g/mol. The number of pyridine rings is 2. The van der Waals surface area contributed by atoms with Crippen molar-refractivity contribution in [2.45, 2.75) is 62.3 Å². The van der Waals surface area contributed by atoms with Gasteiger partial charge in [-0.15, -0.1) is 0 Å². The van der Waals surface area contributed by atoms with Crippen LogP contribution in [0, 0.1) is 5.82 Å². The molecule has 0 amide bonds. The highest BCUT2D eigenvalue weighted by Gasteiger charge is 2.37. The third-order valence-corrected chi connectivity index (χ3v) is 9.61. The molecule has 0 spiro atoms. The van der Waals surface area contributed by atoms with E-state index >= 15 is 0 Å². The summed E-state index contributed by atoms with van der Waals surface area (Å²) in [5.41, 5.74) is 1.30. The van der Waals surface area contributed by atoms with E-state index < -0.39 is 21.4 Å². The Morgan fingerprint density at radius 1 is 1.07 bits per heavy atom. The van der Waals surface area contributed by atoms with Crippen molar-refractivity contribution in [3.05, 3.63) is 55.0 Å². The number of hydrogen-bond acceptors (Lipinski definition) is 11. The van der Waals surface area contributed by atoms with Gasteiger partial charge in [-0.3, -0.25) is 4.98 Å². The summed E-state index contributed by atoms with van der Waals surface area (Å²) < 4.78 is 45.9. The molecule has 4 aromatic rings. The van der Waals surface area contributed by atoms with Gasteiger partial charge in [-0.2, -0.15) is 9.19 Å². The smallest absolute Gasteiger partial charge is 0.256 e. The second-order valence-corrected chi connectivity index (χ2v) is 13.0. The van der Waals surface area contributed by atoms with E-state index in [4.69, 9.17) is 4.74 Å². The van der Waals surface area contributed by atoms with Crippen LogP contribution in [0.3, 0.4) is 0 Å². The average Bonchev–Trinajstić information content (AvgIpc) is 3.71. The number of ether oxygens (including phenoxy) is 1. The van der Waals surface area contributed by atoms with Crippen molar-refractivity contribution < 1.29 is 22.7 Å². The maximum Gasteiger partial charge on any atom is 0.256 e. The first-order valence-corrected chi connectivity index (χ1v) is 15.2. The molecular formula is C28H31FN8O4S. The van der Waals surface area contributed by atoms with Gasteiger partial charge in [0.15, 0.2) is 17.4 Å². The Bertz CT molecular complexity index is 1710. The number of nitrogens with zero attached hydrogens (tertiary/aromatic N) is 6. The molecule has 0 bridgehead atoms. The summed E-state index contributed by atoms with van der Waals surface area (Å²) in [7, 11) is -2.11. The Labute approximate surface area is 242 Å². The Morgan fingerprint density at radius 3 is 2.57 bits per heavy atom. The minimum atomic E-state index is -3.50. The lowest BCUT2D eigenvalue weighted by atomic mass is 9.83. The van der Waals surface area contributed by atoms with Gasteiger partial charge >= 0.3 is 0 Å². The third-order valence-electron chi connectivity index (χ3n) is 7.58. The number of anilines is 3. The molecule has 3 N–H and O–H groups in total. The molecule has 0 atom stereocenters. The van der Waals surface area contributed by atoms with Gasteiger partial charge in [-0.1, -0.05) is 0 Å². The fourth-order valence-electron chi connectivity index (χ4n) is 5.02. The van der Waals surface area contributed by atoms with Crippen LogP contribution in [-0.2, 0) is 10.0 Å². The molecule has 2 aliphatic carbocycles. The molecule has 42 heavy (non-hydrogen) atoms. The van der Waals surface area contributed by atoms with Gasteiger partial charge in [-0.05, 0) is 57.6 Å². The van der Waals surface area contributed by atoms with Gasteiger partial charge < -0.3 is 20.5 Å². The van der Waals surface area contributed by atoms with Crippen LogP contribution in [0.4, 0.5) is 21.7 Å². The number of aromatic nitrogens is 6. The third kappa shape index (κ3) is 5.77. The minimum Gasteiger partial charge on any atom is -0.491 e. The van der Waals surface area contributed by atoms with Gasteiger partial charge in [0.2, 0.25) is 0 Å². The first-order chi connectivity index (χ1) is 20.1. The lowest BCUT2D eigenvalue weighted by Crippen LogP contribution is -2.35. The van der Waals surface area contributed by atoms with E-state index in [9.17, 15) is 17.9 Å². The fourth-order valence-corrected chi connectivity index (χ4v) is 6.50. The zero-order valence-electron chi connectivity index (χ0n) is 23.2. The summed E-state index contributed by atoms with van der Waals surface area (Å²) in [6.45, 7) is 1.84. The van der Waals surface area contributed by atoms with Crippen molar-refractivity contribution in [2.24, 2.45) is 0 Å². The van der Waals surface area contributed by atoms with Crippen LogP contribution in [0.1, 0.15) is 45.4 Å². The maximum atomic E-state index is 14.6. The van der Waals surface area contributed by atoms with E-state index in [1.165, 1.54) is 31.8 Å². The minimum absolute atomic E-state index is 0.0133. The van der Waals surface area contributed by atoms with Crippen LogP contribution >= 0.6 is 0 Å². The predicted octanol–water partition coefficient (Wildman–Crippen LogP) is 4.13. The van der Waals surface area contributed by atoms with E-state index in [1.807, 2.05) is 6.92 Å². The van der Waals surface area contributed by atoms with Gasteiger partial charge in [0.25, 0.3) is 10.0 Å². The maximum absolute atomic E-state index is 14.6. The second kappa shape index (κ2) is 10.9. The van der Waals surface area contributed by atoms with Crippen molar-refractivity contribution in [2.75, 3.05) is 17.7 Å².